The number of unbranched alkanes of at least 4 members (excludes halogenated alkanes) is 1. The van der Waals surface area contributed by atoms with Gasteiger partial charge in [-0.15, -0.1) is 17.9 Å². The highest BCUT2D eigenvalue weighted by molar-refractivity contribution is 8.10. The molecule has 0 N–H and O–H groups in total. The molecule has 0 saturated carbocycles. The number of fused-ring (bicyclic) bond motifs is 1. The highest BCUT2D eigenvalue weighted by Crippen LogP contribution is 2.45. The summed E-state index contributed by atoms with van der Waals surface area (Å²) in [7, 11) is 0. The van der Waals surface area contributed by atoms with Gasteiger partial charge in [0, 0.05) is 24.5 Å². The summed E-state index contributed by atoms with van der Waals surface area (Å²) in [4.78, 5) is 30.6. The van der Waals surface area contributed by atoms with Crippen molar-refractivity contribution in [1.82, 2.24) is 8.87 Å². The van der Waals surface area contributed by atoms with Crippen molar-refractivity contribution in [1.29, 1.82) is 0 Å². The molecule has 162 valence electrons. The molecule has 1 aromatic heterocycles. The van der Waals surface area contributed by atoms with Crippen LogP contribution < -0.4 is 19.7 Å². The Balaban J connectivity index is 1.93. The first-order valence-corrected chi connectivity index (χ1v) is 13.0. The van der Waals surface area contributed by atoms with Gasteiger partial charge in [0.05, 0.1) is 5.69 Å². The number of aromatic nitrogens is 1. The van der Waals surface area contributed by atoms with E-state index in [1.54, 1.807) is 22.4 Å². The molecular weight excluding hydrogens is 467 g/mol. The summed E-state index contributed by atoms with van der Waals surface area (Å²) in [5.41, 5.74) is 1.02. The quantitative estimate of drug-likeness (QED) is 0.349. The number of benzene rings is 1. The van der Waals surface area contributed by atoms with Crippen LogP contribution in [-0.2, 0) is 11.3 Å². The molecule has 1 fully saturated rings. The summed E-state index contributed by atoms with van der Waals surface area (Å²) in [5, 5.41) is 0.921. The first kappa shape index (κ1) is 22.4. The number of nitrogens with zero attached hydrogens (tertiary/aromatic N) is 3. The summed E-state index contributed by atoms with van der Waals surface area (Å²) in [5.74, 6) is -0.165. The largest absolute Gasteiger partial charge is 0.334 e. The number of thioether (sulfide) groups is 1. The van der Waals surface area contributed by atoms with E-state index < -0.39 is 0 Å². The van der Waals surface area contributed by atoms with E-state index in [-0.39, 0.29) is 11.3 Å². The summed E-state index contributed by atoms with van der Waals surface area (Å²) in [6.45, 7) is 9.83. The number of carbonyl (C=O) groups excluding carboxylic acids is 1. The average Bonchev–Trinajstić information content (AvgIpc) is 3.39. The summed E-state index contributed by atoms with van der Waals surface area (Å²) >= 11 is 9.76. The van der Waals surface area contributed by atoms with Gasteiger partial charge in [0.15, 0.2) is 4.99 Å². The number of allylic oxidation sites excluding steroid dienone is 1. The lowest BCUT2D eigenvalue weighted by Crippen LogP contribution is -2.34. The Hall–Kier alpha value is -1.81. The SMILES string of the molecule is C=CCn1c(=O)/c(=C2/Sc3ccccc3N2CC)s/c1=C1\SN(CCCC)C(=S)C1=O. The van der Waals surface area contributed by atoms with Gasteiger partial charge in [-0.05, 0) is 37.4 Å². The highest BCUT2D eigenvalue weighted by atomic mass is 32.2. The fourth-order valence-corrected chi connectivity index (χ4v) is 7.54. The van der Waals surface area contributed by atoms with Crippen molar-refractivity contribution >= 4 is 73.7 Å². The van der Waals surface area contributed by atoms with Crippen LogP contribution in [0.5, 0.6) is 0 Å². The Bertz CT molecular complexity index is 1240. The van der Waals surface area contributed by atoms with Crippen LogP contribution in [0.1, 0.15) is 26.7 Å². The van der Waals surface area contributed by atoms with E-state index in [0.717, 1.165) is 41.5 Å². The van der Waals surface area contributed by atoms with E-state index in [0.29, 0.717) is 25.6 Å². The molecule has 1 saturated heterocycles. The first-order valence-electron chi connectivity index (χ1n) is 10.2. The fourth-order valence-electron chi connectivity index (χ4n) is 3.52. The molecule has 0 amide bonds. The Morgan fingerprint density at radius 3 is 2.68 bits per heavy atom. The zero-order chi connectivity index (χ0) is 22.1. The average molecular weight is 490 g/mol. The number of ketones is 1. The molecule has 31 heavy (non-hydrogen) atoms. The Labute approximate surface area is 199 Å². The molecule has 2 aromatic rings. The Morgan fingerprint density at radius 1 is 1.19 bits per heavy atom. The van der Waals surface area contributed by atoms with Gasteiger partial charge in [-0.25, -0.2) is 0 Å². The minimum absolute atomic E-state index is 0.0903. The second-order valence-corrected chi connectivity index (χ2v) is 10.5. The van der Waals surface area contributed by atoms with Crippen LogP contribution in [0.4, 0.5) is 5.69 Å². The summed E-state index contributed by atoms with van der Waals surface area (Å²) in [6, 6.07) is 8.16. The van der Waals surface area contributed by atoms with Crippen molar-refractivity contribution in [2.75, 3.05) is 18.0 Å². The lowest BCUT2D eigenvalue weighted by atomic mass is 10.3. The lowest BCUT2D eigenvalue weighted by molar-refractivity contribution is -0.107. The number of hydrogen-bond donors (Lipinski definition) is 0. The molecule has 0 atom stereocenters. The third-order valence-corrected chi connectivity index (χ3v) is 9.35. The molecule has 0 unspecified atom stereocenters. The van der Waals surface area contributed by atoms with Gasteiger partial charge in [-0.2, -0.15) is 0 Å². The van der Waals surface area contributed by atoms with E-state index >= 15 is 0 Å². The van der Waals surface area contributed by atoms with Crippen molar-refractivity contribution < 1.29 is 4.79 Å². The van der Waals surface area contributed by atoms with Crippen LogP contribution in [0.25, 0.3) is 9.93 Å². The number of carbonyl (C=O) groups is 1. The predicted molar refractivity (Wildman–Crippen MR) is 137 cm³/mol. The molecule has 0 spiro atoms. The van der Waals surface area contributed by atoms with Crippen molar-refractivity contribution in [3.8, 4) is 0 Å². The Morgan fingerprint density at radius 2 is 1.97 bits per heavy atom. The van der Waals surface area contributed by atoms with Gasteiger partial charge in [0.1, 0.15) is 19.1 Å². The Kier molecular flexibility index (Phi) is 6.76. The van der Waals surface area contributed by atoms with Gasteiger partial charge < -0.3 is 4.90 Å². The number of Topliss-reactive ketones (excluding diaryl/α,β-unsaturated/α-hetero) is 1. The van der Waals surface area contributed by atoms with Crippen LogP contribution in [0.3, 0.4) is 0 Å². The second kappa shape index (κ2) is 9.36. The molecule has 2 aliphatic heterocycles. The molecule has 4 rings (SSSR count). The molecule has 0 bridgehead atoms. The molecule has 2 aliphatic rings. The van der Waals surface area contributed by atoms with Gasteiger partial charge in [0.25, 0.3) is 5.56 Å². The van der Waals surface area contributed by atoms with E-state index in [2.05, 4.69) is 37.5 Å². The highest BCUT2D eigenvalue weighted by Gasteiger charge is 2.34. The fraction of sp³-hybridized carbons (Fsp3) is 0.318. The number of hydrogen-bond acceptors (Lipinski definition) is 7. The minimum atomic E-state index is -0.165. The molecule has 1 aromatic carbocycles. The normalized spacial score (nSPS) is 19.4. The maximum absolute atomic E-state index is 13.5. The number of anilines is 1. The van der Waals surface area contributed by atoms with Gasteiger partial charge in [-0.3, -0.25) is 18.5 Å². The summed E-state index contributed by atoms with van der Waals surface area (Å²) < 4.78 is 4.85. The number of thiocarbonyl (C=S) groups is 1. The van der Waals surface area contributed by atoms with Crippen LogP contribution in [0, 0.1) is 0 Å². The number of para-hydroxylation sites is 1. The molecule has 9 heteroatoms. The molecular formula is C22H23N3O2S4. The molecule has 0 radical (unpaired) electrons. The van der Waals surface area contributed by atoms with E-state index in [1.165, 1.54) is 23.3 Å². The van der Waals surface area contributed by atoms with Gasteiger partial charge in [-0.1, -0.05) is 55.5 Å². The predicted octanol–water partition coefficient (Wildman–Crippen LogP) is 3.56. The number of rotatable bonds is 6. The van der Waals surface area contributed by atoms with Crippen LogP contribution >= 0.6 is 47.3 Å². The third kappa shape index (κ3) is 3.92. The monoisotopic (exact) mass is 489 g/mol. The maximum Gasteiger partial charge on any atom is 0.272 e. The van der Waals surface area contributed by atoms with Crippen molar-refractivity contribution in [3.63, 3.8) is 0 Å². The zero-order valence-electron chi connectivity index (χ0n) is 17.4. The van der Waals surface area contributed by atoms with Crippen molar-refractivity contribution in [3.05, 3.63) is 56.5 Å². The lowest BCUT2D eigenvalue weighted by Gasteiger charge is -2.16. The first-order chi connectivity index (χ1) is 15.0. The molecule has 0 aliphatic carbocycles. The van der Waals surface area contributed by atoms with Crippen molar-refractivity contribution in [2.45, 2.75) is 38.1 Å². The number of thiazole rings is 1. The maximum atomic E-state index is 13.5. The topological polar surface area (TPSA) is 45.6 Å². The standard InChI is InChI=1S/C22H23N3O2S4/c1-4-7-13-25-20(28)16(26)17(31-25)21-24(12-5-2)19(27)18(30-21)22-23(6-3)14-10-8-9-11-15(14)29-22/h5,8-11H,2,4,6-7,12-13H2,1,3H3/b21-17-,22-18-. The summed E-state index contributed by atoms with van der Waals surface area (Å²) in [6.07, 6.45) is 3.68. The second-order valence-electron chi connectivity index (χ2n) is 7.07. The van der Waals surface area contributed by atoms with E-state index in [4.69, 9.17) is 12.2 Å². The van der Waals surface area contributed by atoms with Gasteiger partial charge >= 0.3 is 0 Å². The zero-order valence-corrected chi connectivity index (χ0v) is 20.7. The van der Waals surface area contributed by atoms with Crippen molar-refractivity contribution in [2.24, 2.45) is 0 Å². The van der Waals surface area contributed by atoms with Crippen LogP contribution in [0.2, 0.25) is 0 Å². The van der Waals surface area contributed by atoms with Crippen LogP contribution in [0.15, 0.2) is 46.6 Å². The van der Waals surface area contributed by atoms with Gasteiger partial charge in [0.2, 0.25) is 5.78 Å². The van der Waals surface area contributed by atoms with E-state index in [9.17, 15) is 9.59 Å². The van der Waals surface area contributed by atoms with Crippen LogP contribution in [-0.4, -0.2) is 32.7 Å². The molecule has 5 nitrogen and oxygen atoms in total. The van der Waals surface area contributed by atoms with E-state index in [1.807, 2.05) is 16.4 Å². The third-order valence-electron chi connectivity index (χ3n) is 5.05. The minimum Gasteiger partial charge on any atom is -0.334 e. The molecule has 3 heterocycles. The smallest absolute Gasteiger partial charge is 0.272 e.